The number of anilines is 2. The van der Waals surface area contributed by atoms with Gasteiger partial charge in [-0.1, -0.05) is 18.2 Å². The summed E-state index contributed by atoms with van der Waals surface area (Å²) in [5, 5.41) is 15.4. The molecule has 37 heavy (non-hydrogen) atoms. The van der Waals surface area contributed by atoms with E-state index in [0.717, 1.165) is 12.1 Å². The maximum absolute atomic E-state index is 14.5. The van der Waals surface area contributed by atoms with E-state index in [4.69, 9.17) is 21.1 Å². The van der Waals surface area contributed by atoms with E-state index >= 15 is 0 Å². The van der Waals surface area contributed by atoms with Crippen LogP contribution in [0.5, 0.6) is 11.5 Å². The number of nitrogens with zero attached hydrogens (tertiary/aromatic N) is 3. The Balaban J connectivity index is 1.62. The number of carbonyl (C=O) groups is 2. The average molecular weight is 534 g/mol. The first kappa shape index (κ1) is 26.2. The molecule has 3 N–H and O–H groups in total. The highest BCUT2D eigenvalue weighted by molar-refractivity contribution is 6.31. The van der Waals surface area contributed by atoms with E-state index in [1.807, 2.05) is 0 Å². The molecule has 2 heterocycles. The molecule has 0 radical (unpaired) electrons. The molecular formula is C24H22ClF2N5O5. The minimum atomic E-state index is -0.975. The Morgan fingerprint density at radius 3 is 2.81 bits per heavy atom. The van der Waals surface area contributed by atoms with Crippen LogP contribution >= 0.6 is 11.6 Å². The van der Waals surface area contributed by atoms with Crippen LogP contribution in [0.25, 0.3) is 10.9 Å². The Morgan fingerprint density at radius 1 is 1.30 bits per heavy atom. The van der Waals surface area contributed by atoms with Gasteiger partial charge in [0.15, 0.2) is 17.3 Å². The fraction of sp³-hybridized carbons (Fsp3) is 0.250. The second-order valence-electron chi connectivity index (χ2n) is 8.05. The highest BCUT2D eigenvalue weighted by Gasteiger charge is 2.33. The molecule has 13 heteroatoms. The highest BCUT2D eigenvalue weighted by atomic mass is 35.5. The largest absolute Gasteiger partial charge is 0.493 e. The van der Waals surface area contributed by atoms with Crippen LogP contribution in [0.1, 0.15) is 12.8 Å². The van der Waals surface area contributed by atoms with Crippen LogP contribution in [0.2, 0.25) is 5.02 Å². The van der Waals surface area contributed by atoms with Gasteiger partial charge >= 0.3 is 0 Å². The van der Waals surface area contributed by atoms with E-state index in [1.54, 1.807) is 12.1 Å². The van der Waals surface area contributed by atoms with E-state index in [1.165, 1.54) is 19.5 Å². The van der Waals surface area contributed by atoms with E-state index in [9.17, 15) is 23.6 Å². The number of aromatic nitrogens is 2. The van der Waals surface area contributed by atoms with Crippen molar-refractivity contribution in [2.75, 3.05) is 19.0 Å². The lowest BCUT2D eigenvalue weighted by Crippen LogP contribution is -2.52. The molecule has 0 bridgehead atoms. The summed E-state index contributed by atoms with van der Waals surface area (Å²) in [6.45, 7) is 3.63. The van der Waals surface area contributed by atoms with Crippen LogP contribution < -0.4 is 20.1 Å². The summed E-state index contributed by atoms with van der Waals surface area (Å²) in [7, 11) is 1.45. The van der Waals surface area contributed by atoms with Gasteiger partial charge in [0, 0.05) is 17.9 Å². The summed E-state index contributed by atoms with van der Waals surface area (Å²) >= 11 is 5.69. The summed E-state index contributed by atoms with van der Waals surface area (Å²) in [5.74, 6) is -2.79. The number of benzene rings is 2. The van der Waals surface area contributed by atoms with Crippen molar-refractivity contribution in [1.82, 2.24) is 20.3 Å². The fourth-order valence-corrected chi connectivity index (χ4v) is 4.03. The summed E-state index contributed by atoms with van der Waals surface area (Å²) in [4.78, 5) is 32.4. The lowest BCUT2D eigenvalue weighted by molar-refractivity contribution is -0.178. The number of piperidine rings is 1. The van der Waals surface area contributed by atoms with Crippen LogP contribution in [-0.2, 0) is 9.59 Å². The molecule has 0 saturated carbocycles. The average Bonchev–Trinajstić information content (AvgIpc) is 2.92. The third kappa shape index (κ3) is 5.45. The van der Waals surface area contributed by atoms with Crippen LogP contribution in [0.15, 0.2) is 43.2 Å². The number of hydrogen-bond donors (Lipinski definition) is 3. The molecule has 1 aliphatic rings. The van der Waals surface area contributed by atoms with Gasteiger partial charge in [0.1, 0.15) is 29.1 Å². The molecule has 1 fully saturated rings. The molecule has 3 aromatic rings. The Kier molecular flexibility index (Phi) is 7.81. The number of halogens is 3. The maximum atomic E-state index is 14.5. The molecule has 0 aliphatic carbocycles. The predicted octanol–water partition coefficient (Wildman–Crippen LogP) is 3.74. The zero-order valence-electron chi connectivity index (χ0n) is 19.5. The number of amides is 2. The molecule has 194 valence electrons. The van der Waals surface area contributed by atoms with Crippen molar-refractivity contribution in [3.05, 3.63) is 59.9 Å². The molecule has 1 aliphatic heterocycles. The molecule has 2 atom stereocenters. The van der Waals surface area contributed by atoms with Gasteiger partial charge in [0.2, 0.25) is 0 Å². The lowest BCUT2D eigenvalue weighted by Gasteiger charge is -2.31. The number of methoxy groups -OCH3 is 1. The van der Waals surface area contributed by atoms with E-state index in [2.05, 4.69) is 27.2 Å². The number of rotatable bonds is 7. The Bertz CT molecular complexity index is 1380. The Morgan fingerprint density at radius 2 is 2.08 bits per heavy atom. The molecule has 2 amide bonds. The first-order chi connectivity index (χ1) is 17.7. The second-order valence-corrected chi connectivity index (χ2v) is 8.43. The first-order valence-corrected chi connectivity index (χ1v) is 11.4. The van der Waals surface area contributed by atoms with Gasteiger partial charge in [-0.05, 0) is 37.2 Å². The van der Waals surface area contributed by atoms with Crippen LogP contribution in [-0.4, -0.2) is 57.9 Å². The van der Waals surface area contributed by atoms with Crippen molar-refractivity contribution in [2.24, 2.45) is 0 Å². The molecule has 1 aromatic heterocycles. The number of fused-ring (bicyclic) bond motifs is 1. The number of imide groups is 1. The van der Waals surface area contributed by atoms with Gasteiger partial charge in [0.05, 0.1) is 24.4 Å². The molecular weight excluding hydrogens is 512 g/mol. The Hall–Kier alpha value is -3.87. The topological polar surface area (TPSA) is 126 Å². The third-order valence-electron chi connectivity index (χ3n) is 5.75. The Labute approximate surface area is 214 Å². The first-order valence-electron chi connectivity index (χ1n) is 11.1. The van der Waals surface area contributed by atoms with Gasteiger partial charge in [0.25, 0.3) is 11.8 Å². The molecule has 1 saturated heterocycles. The monoisotopic (exact) mass is 533 g/mol. The van der Waals surface area contributed by atoms with Crippen LogP contribution in [0, 0.1) is 11.6 Å². The number of nitrogens with one attached hydrogen (secondary N) is 2. The summed E-state index contributed by atoms with van der Waals surface area (Å²) < 4.78 is 39.6. The zero-order chi connectivity index (χ0) is 26.7. The SMILES string of the molecule is C=CC(=O)N(O)C(=O)C1CC(Oc2cc3c(Nc4ccc(F)c(Cl)c4F)ncnc3cc2OC)CCN1. The van der Waals surface area contributed by atoms with Gasteiger partial charge in [-0.2, -0.15) is 5.06 Å². The van der Waals surface area contributed by atoms with Crippen molar-refractivity contribution in [3.63, 3.8) is 0 Å². The smallest absolute Gasteiger partial charge is 0.276 e. The molecule has 2 unspecified atom stereocenters. The summed E-state index contributed by atoms with van der Waals surface area (Å²) in [6, 6.07) is 4.55. The maximum Gasteiger partial charge on any atom is 0.276 e. The van der Waals surface area contributed by atoms with Gasteiger partial charge in [-0.25, -0.2) is 18.7 Å². The number of carbonyl (C=O) groups excluding carboxylic acids is 2. The molecule has 0 spiro atoms. The summed E-state index contributed by atoms with van der Waals surface area (Å²) in [6.07, 6.45) is 2.28. The van der Waals surface area contributed by atoms with Gasteiger partial charge < -0.3 is 20.1 Å². The van der Waals surface area contributed by atoms with Crippen molar-refractivity contribution < 1.29 is 33.1 Å². The number of hydrogen-bond acceptors (Lipinski definition) is 9. The molecule has 2 aromatic carbocycles. The minimum absolute atomic E-state index is 0.0137. The molecule has 10 nitrogen and oxygen atoms in total. The quantitative estimate of drug-likeness (QED) is 0.180. The van der Waals surface area contributed by atoms with Crippen molar-refractivity contribution in [3.8, 4) is 11.5 Å². The minimum Gasteiger partial charge on any atom is -0.493 e. The van der Waals surface area contributed by atoms with Gasteiger partial charge in [-0.3, -0.25) is 14.8 Å². The number of hydroxylamine groups is 2. The van der Waals surface area contributed by atoms with Crippen molar-refractivity contribution in [1.29, 1.82) is 0 Å². The molecule has 4 rings (SSSR count). The third-order valence-corrected chi connectivity index (χ3v) is 6.09. The van der Waals surface area contributed by atoms with Crippen LogP contribution in [0.3, 0.4) is 0 Å². The highest BCUT2D eigenvalue weighted by Crippen LogP contribution is 2.37. The van der Waals surface area contributed by atoms with E-state index in [-0.39, 0.29) is 23.0 Å². The van der Waals surface area contributed by atoms with E-state index < -0.39 is 40.6 Å². The van der Waals surface area contributed by atoms with Crippen molar-refractivity contribution >= 4 is 45.8 Å². The second kappa shape index (κ2) is 11.0. The fourth-order valence-electron chi connectivity index (χ4n) is 3.87. The predicted molar refractivity (Wildman–Crippen MR) is 130 cm³/mol. The van der Waals surface area contributed by atoms with Gasteiger partial charge in [-0.15, -0.1) is 0 Å². The normalized spacial score (nSPS) is 17.2. The van der Waals surface area contributed by atoms with E-state index in [0.29, 0.717) is 35.4 Å². The number of ether oxygens (including phenoxy) is 2. The zero-order valence-corrected chi connectivity index (χ0v) is 20.3. The standard InChI is InChI=1S/C24H22ClF2N5O5/c1-3-20(33)32(35)24(34)17-8-12(6-7-28-17)37-19-9-13-16(10-18(19)36-2)29-11-30-23(13)31-15-5-4-14(26)21(25)22(15)27/h3-5,9-12,17,28,35H,1,6-8H2,2H3,(H,29,30,31). The lowest BCUT2D eigenvalue weighted by atomic mass is 10.0. The summed E-state index contributed by atoms with van der Waals surface area (Å²) in [5.41, 5.74) is 0.361. The van der Waals surface area contributed by atoms with Crippen LogP contribution in [0.4, 0.5) is 20.3 Å². The van der Waals surface area contributed by atoms with Crippen molar-refractivity contribution in [2.45, 2.75) is 25.0 Å².